The summed E-state index contributed by atoms with van der Waals surface area (Å²) < 4.78 is 0.212. The Kier molecular flexibility index (Phi) is 3.64. The van der Waals surface area contributed by atoms with Crippen molar-refractivity contribution in [1.29, 1.82) is 0 Å². The summed E-state index contributed by atoms with van der Waals surface area (Å²) in [5, 5.41) is 0. The second-order valence-corrected chi connectivity index (χ2v) is 4.32. The Morgan fingerprint density at radius 3 is 1.56 bits per heavy atom. The van der Waals surface area contributed by atoms with Gasteiger partial charge in [-0.05, 0) is 5.92 Å². The molecule has 0 aromatic heterocycles. The topological polar surface area (TPSA) is 0 Å². The second kappa shape index (κ2) is 3.50. The summed E-state index contributed by atoms with van der Waals surface area (Å²) >= 11 is 4.51. The maximum absolute atomic E-state index is 4.51. The van der Waals surface area contributed by atoms with Gasteiger partial charge in [-0.1, -0.05) is 40.5 Å². The summed E-state index contributed by atoms with van der Waals surface area (Å²) in [5.74, 6) is 0.765. The highest BCUT2D eigenvalue weighted by atomic mass is 32.1. The maximum Gasteiger partial charge on any atom is 0.0101 e. The predicted molar refractivity (Wildman–Crippen MR) is 47.1 cm³/mol. The van der Waals surface area contributed by atoms with E-state index in [2.05, 4.69) is 40.3 Å². The van der Waals surface area contributed by atoms with Gasteiger partial charge in [0, 0.05) is 4.75 Å². The summed E-state index contributed by atoms with van der Waals surface area (Å²) in [6, 6.07) is 0. The van der Waals surface area contributed by atoms with Crippen molar-refractivity contribution in [2.45, 2.75) is 45.3 Å². The van der Waals surface area contributed by atoms with Gasteiger partial charge in [0.05, 0.1) is 0 Å². The molecule has 0 amide bonds. The smallest absolute Gasteiger partial charge is 0.0101 e. The Bertz CT molecular complexity index is 67.1. The van der Waals surface area contributed by atoms with Gasteiger partial charge in [-0.25, -0.2) is 0 Å². The molecule has 0 aliphatic heterocycles. The van der Waals surface area contributed by atoms with Gasteiger partial charge in [0.1, 0.15) is 0 Å². The summed E-state index contributed by atoms with van der Waals surface area (Å²) in [4.78, 5) is 0. The average molecular weight is 146 g/mol. The van der Waals surface area contributed by atoms with Crippen LogP contribution < -0.4 is 0 Å². The average Bonchev–Trinajstić information content (AvgIpc) is 1.65. The van der Waals surface area contributed by atoms with Crippen molar-refractivity contribution in [2.24, 2.45) is 5.92 Å². The van der Waals surface area contributed by atoms with Crippen LogP contribution in [0.25, 0.3) is 0 Å². The van der Waals surface area contributed by atoms with Crippen LogP contribution in [0.2, 0.25) is 0 Å². The van der Waals surface area contributed by atoms with E-state index in [4.69, 9.17) is 0 Å². The fourth-order valence-corrected chi connectivity index (χ4v) is 1.65. The summed E-state index contributed by atoms with van der Waals surface area (Å²) in [5.41, 5.74) is 0. The molecular weight excluding hydrogens is 128 g/mol. The summed E-state index contributed by atoms with van der Waals surface area (Å²) in [7, 11) is 0. The van der Waals surface area contributed by atoms with Gasteiger partial charge in [-0.15, -0.1) is 0 Å². The minimum atomic E-state index is 0.212. The molecule has 1 heteroatoms. The zero-order valence-corrected chi connectivity index (χ0v) is 7.83. The first-order valence-electron chi connectivity index (χ1n) is 3.74. The molecule has 0 atom stereocenters. The molecule has 0 radical (unpaired) electrons. The lowest BCUT2D eigenvalue weighted by Gasteiger charge is -2.27. The molecule has 0 N–H and O–H groups in total. The molecule has 0 rings (SSSR count). The van der Waals surface area contributed by atoms with Gasteiger partial charge in [0.2, 0.25) is 0 Å². The minimum absolute atomic E-state index is 0.212. The molecule has 0 saturated carbocycles. The van der Waals surface area contributed by atoms with E-state index in [-0.39, 0.29) is 4.75 Å². The maximum atomic E-state index is 4.51. The SMILES string of the molecule is CCC(CC)C(C)(C)S. The van der Waals surface area contributed by atoms with Crippen LogP contribution in [-0.4, -0.2) is 4.75 Å². The van der Waals surface area contributed by atoms with Gasteiger partial charge in [-0.2, -0.15) is 12.6 Å². The lowest BCUT2D eigenvalue weighted by molar-refractivity contribution is 0.401. The highest BCUT2D eigenvalue weighted by Crippen LogP contribution is 2.28. The third kappa shape index (κ3) is 3.14. The molecule has 0 aromatic carbocycles. The van der Waals surface area contributed by atoms with Gasteiger partial charge in [-0.3, -0.25) is 0 Å². The highest BCUT2D eigenvalue weighted by Gasteiger charge is 2.21. The lowest BCUT2D eigenvalue weighted by Crippen LogP contribution is -2.23. The molecule has 9 heavy (non-hydrogen) atoms. The molecule has 0 fully saturated rings. The first-order chi connectivity index (χ1) is 4.02. The third-order valence-electron chi connectivity index (χ3n) is 1.98. The van der Waals surface area contributed by atoms with Crippen LogP contribution in [0, 0.1) is 5.92 Å². The van der Waals surface area contributed by atoms with Crippen LogP contribution in [-0.2, 0) is 0 Å². The van der Waals surface area contributed by atoms with E-state index in [1.165, 1.54) is 12.8 Å². The molecule has 0 aliphatic carbocycles. The Morgan fingerprint density at radius 1 is 1.22 bits per heavy atom. The van der Waals surface area contributed by atoms with Crippen molar-refractivity contribution in [3.63, 3.8) is 0 Å². The van der Waals surface area contributed by atoms with Crippen molar-refractivity contribution in [1.82, 2.24) is 0 Å². The third-order valence-corrected chi connectivity index (χ3v) is 2.35. The standard InChI is InChI=1S/C8H18S/c1-5-7(6-2)8(3,4)9/h7,9H,5-6H2,1-4H3. The Morgan fingerprint density at radius 2 is 1.56 bits per heavy atom. The highest BCUT2D eigenvalue weighted by molar-refractivity contribution is 7.81. The van der Waals surface area contributed by atoms with Crippen molar-refractivity contribution in [3.05, 3.63) is 0 Å². The van der Waals surface area contributed by atoms with E-state index in [0.717, 1.165) is 5.92 Å². The summed E-state index contributed by atoms with van der Waals surface area (Å²) in [6.07, 6.45) is 2.49. The number of hydrogen-bond acceptors (Lipinski definition) is 1. The van der Waals surface area contributed by atoms with Crippen LogP contribution in [0.3, 0.4) is 0 Å². The lowest BCUT2D eigenvalue weighted by atomic mass is 9.90. The molecule has 0 nitrogen and oxygen atoms in total. The van der Waals surface area contributed by atoms with Crippen molar-refractivity contribution in [3.8, 4) is 0 Å². The van der Waals surface area contributed by atoms with E-state index in [0.29, 0.717) is 0 Å². The van der Waals surface area contributed by atoms with Gasteiger partial charge in [0.25, 0.3) is 0 Å². The molecule has 0 saturated heterocycles. The Balaban J connectivity index is 3.79. The Hall–Kier alpha value is 0.350. The van der Waals surface area contributed by atoms with E-state index >= 15 is 0 Å². The van der Waals surface area contributed by atoms with E-state index in [1.807, 2.05) is 0 Å². The molecule has 0 heterocycles. The van der Waals surface area contributed by atoms with Gasteiger partial charge < -0.3 is 0 Å². The largest absolute Gasteiger partial charge is 0.173 e. The molecule has 0 aliphatic rings. The minimum Gasteiger partial charge on any atom is -0.173 e. The zero-order chi connectivity index (χ0) is 7.49. The van der Waals surface area contributed by atoms with E-state index in [1.54, 1.807) is 0 Å². The fourth-order valence-electron chi connectivity index (χ4n) is 1.29. The van der Waals surface area contributed by atoms with Crippen LogP contribution in [0.4, 0.5) is 0 Å². The normalized spacial score (nSPS) is 12.7. The van der Waals surface area contributed by atoms with E-state index in [9.17, 15) is 0 Å². The van der Waals surface area contributed by atoms with Gasteiger partial charge in [0.15, 0.2) is 0 Å². The van der Waals surface area contributed by atoms with Crippen LogP contribution in [0.15, 0.2) is 0 Å². The molecule has 56 valence electrons. The van der Waals surface area contributed by atoms with Crippen LogP contribution >= 0.6 is 12.6 Å². The first-order valence-corrected chi connectivity index (χ1v) is 4.19. The predicted octanol–water partition coefficient (Wildman–Crippen LogP) is 3.13. The van der Waals surface area contributed by atoms with Crippen molar-refractivity contribution < 1.29 is 0 Å². The van der Waals surface area contributed by atoms with Crippen LogP contribution in [0.1, 0.15) is 40.5 Å². The van der Waals surface area contributed by atoms with Gasteiger partial charge >= 0.3 is 0 Å². The molecule has 0 aromatic rings. The summed E-state index contributed by atoms with van der Waals surface area (Å²) in [6.45, 7) is 8.83. The molecular formula is C8H18S. The van der Waals surface area contributed by atoms with Crippen LogP contribution in [0.5, 0.6) is 0 Å². The number of hydrogen-bond donors (Lipinski definition) is 1. The second-order valence-electron chi connectivity index (χ2n) is 3.17. The first kappa shape index (κ1) is 9.35. The quantitative estimate of drug-likeness (QED) is 0.581. The zero-order valence-electron chi connectivity index (χ0n) is 6.94. The fraction of sp³-hybridized carbons (Fsp3) is 1.00. The van der Waals surface area contributed by atoms with E-state index < -0.39 is 0 Å². The van der Waals surface area contributed by atoms with Crippen molar-refractivity contribution >= 4 is 12.6 Å². The Labute approximate surface area is 64.4 Å². The monoisotopic (exact) mass is 146 g/mol. The number of rotatable bonds is 3. The number of thiol groups is 1. The molecule has 0 unspecified atom stereocenters. The molecule has 0 bridgehead atoms. The molecule has 0 spiro atoms. The van der Waals surface area contributed by atoms with Crippen molar-refractivity contribution in [2.75, 3.05) is 0 Å².